The SMILES string of the molecule is Nc1nc(/C(=N/O)C(=O)N[C@@H]2C(=O)N3C(C(=O)O)=C(SCSc4cn[nH]n4)CS[C@H]23)c(Cl)s1. The molecule has 2 atom stereocenters. The van der Waals surface area contributed by atoms with Crippen LogP contribution in [0.3, 0.4) is 0 Å². The molecule has 2 aromatic heterocycles. The van der Waals surface area contributed by atoms with Gasteiger partial charge in [-0.3, -0.25) is 14.5 Å². The van der Waals surface area contributed by atoms with Gasteiger partial charge in [0.1, 0.15) is 32.2 Å². The molecule has 0 aliphatic carbocycles. The number of aromatic nitrogens is 4. The summed E-state index contributed by atoms with van der Waals surface area (Å²) in [5.41, 5.74) is 4.82. The highest BCUT2D eigenvalue weighted by Gasteiger charge is 2.54. The molecule has 0 bridgehead atoms. The van der Waals surface area contributed by atoms with Crippen molar-refractivity contribution in [2.45, 2.75) is 16.4 Å². The van der Waals surface area contributed by atoms with Crippen molar-refractivity contribution in [2.24, 2.45) is 5.16 Å². The van der Waals surface area contributed by atoms with Gasteiger partial charge in [-0.2, -0.15) is 10.3 Å². The fourth-order valence-electron chi connectivity index (χ4n) is 3.00. The number of hydrogen-bond acceptors (Lipinski definition) is 13. The summed E-state index contributed by atoms with van der Waals surface area (Å²) in [5, 5.41) is 35.1. The summed E-state index contributed by atoms with van der Waals surface area (Å²) in [4.78, 5) is 42.9. The van der Waals surface area contributed by atoms with Crippen LogP contribution >= 0.6 is 58.2 Å². The van der Waals surface area contributed by atoms with Crippen molar-refractivity contribution in [3.8, 4) is 0 Å². The Labute approximate surface area is 206 Å². The number of β-lactam (4-membered cyclic amide) rings is 1. The molecule has 4 heterocycles. The maximum absolute atomic E-state index is 12.8. The molecule has 2 aliphatic rings. The third kappa shape index (κ3) is 4.63. The number of hydrogen-bond donors (Lipinski definition) is 5. The number of fused-ring (bicyclic) bond motifs is 1. The zero-order valence-corrected chi connectivity index (χ0v) is 20.1. The molecule has 4 rings (SSSR count). The van der Waals surface area contributed by atoms with Gasteiger partial charge >= 0.3 is 5.97 Å². The van der Waals surface area contributed by atoms with E-state index in [2.05, 4.69) is 30.9 Å². The second kappa shape index (κ2) is 9.80. The summed E-state index contributed by atoms with van der Waals surface area (Å²) >= 11 is 10.8. The number of rotatable bonds is 8. The second-order valence-corrected chi connectivity index (χ2v) is 11.4. The van der Waals surface area contributed by atoms with Gasteiger partial charge in [0.15, 0.2) is 10.8 Å². The van der Waals surface area contributed by atoms with Crippen LogP contribution in [0.5, 0.6) is 0 Å². The number of nitrogens with two attached hydrogens (primary N) is 1. The zero-order valence-electron chi connectivity index (χ0n) is 16.1. The van der Waals surface area contributed by atoms with E-state index in [1.807, 2.05) is 0 Å². The van der Waals surface area contributed by atoms with Crippen LogP contribution in [-0.4, -0.2) is 81.4 Å². The number of H-pyrrole nitrogens is 1. The standard InChI is InChI=1S/C15H13ClN8O5S4/c16-10-6(20-15(17)33-10)7(22-29)11(25)19-8-12(26)24-9(14(27)28)4(2-30-13(8)24)31-3-32-5-1-18-23-21-5/h1,8,13,29H,2-3H2,(H2,17,20)(H,19,25)(H,27,28)(H,18,21,23)/b22-7-/t8-,13-/m1/s1. The van der Waals surface area contributed by atoms with Crippen LogP contribution < -0.4 is 11.1 Å². The largest absolute Gasteiger partial charge is 0.477 e. The molecule has 0 aromatic carbocycles. The van der Waals surface area contributed by atoms with Gasteiger partial charge in [0, 0.05) is 10.7 Å². The quantitative estimate of drug-likeness (QED) is 0.0778. The number of oxime groups is 1. The molecule has 174 valence electrons. The number of halogens is 1. The summed E-state index contributed by atoms with van der Waals surface area (Å²) in [7, 11) is 0. The Bertz CT molecular complexity index is 1170. The predicted molar refractivity (Wildman–Crippen MR) is 124 cm³/mol. The van der Waals surface area contributed by atoms with Gasteiger partial charge in [0.05, 0.1) is 11.3 Å². The van der Waals surface area contributed by atoms with Crippen molar-refractivity contribution >= 4 is 86.9 Å². The number of carboxylic acids is 1. The summed E-state index contributed by atoms with van der Waals surface area (Å²) in [6, 6.07) is -1.01. The summed E-state index contributed by atoms with van der Waals surface area (Å²) < 4.78 is 0.0466. The maximum Gasteiger partial charge on any atom is 0.353 e. The number of carbonyl (C=O) groups excluding carboxylic acids is 2. The summed E-state index contributed by atoms with van der Waals surface area (Å²) in [6.45, 7) is 0. The molecule has 33 heavy (non-hydrogen) atoms. The lowest BCUT2D eigenvalue weighted by Crippen LogP contribution is -2.71. The minimum absolute atomic E-state index is 0.0466. The minimum Gasteiger partial charge on any atom is -0.477 e. The topological polar surface area (TPSA) is 200 Å². The lowest BCUT2D eigenvalue weighted by molar-refractivity contribution is -0.150. The molecule has 2 amide bonds. The number of amides is 2. The van der Waals surface area contributed by atoms with E-state index in [1.165, 1.54) is 35.3 Å². The van der Waals surface area contributed by atoms with Crippen LogP contribution in [0.4, 0.5) is 5.13 Å². The van der Waals surface area contributed by atoms with Crippen molar-refractivity contribution in [1.82, 2.24) is 30.6 Å². The predicted octanol–water partition coefficient (Wildman–Crippen LogP) is 0.854. The lowest BCUT2D eigenvalue weighted by Gasteiger charge is -2.49. The Morgan fingerprint density at radius 1 is 1.45 bits per heavy atom. The molecule has 13 nitrogen and oxygen atoms in total. The Kier molecular flexibility index (Phi) is 7.03. The zero-order chi connectivity index (χ0) is 23.7. The fourth-order valence-corrected chi connectivity index (χ4v) is 7.50. The van der Waals surface area contributed by atoms with Crippen LogP contribution in [0.15, 0.2) is 27.0 Å². The first kappa shape index (κ1) is 23.7. The molecule has 0 spiro atoms. The van der Waals surface area contributed by atoms with Gasteiger partial charge in [-0.25, -0.2) is 9.78 Å². The molecule has 1 saturated heterocycles. The highest BCUT2D eigenvalue weighted by atomic mass is 35.5. The number of carbonyl (C=O) groups is 3. The smallest absolute Gasteiger partial charge is 0.353 e. The number of thiazole rings is 1. The molecule has 1 fully saturated rings. The van der Waals surface area contributed by atoms with Crippen LogP contribution in [0.25, 0.3) is 0 Å². The van der Waals surface area contributed by atoms with Crippen molar-refractivity contribution in [1.29, 1.82) is 0 Å². The van der Waals surface area contributed by atoms with Gasteiger partial charge in [-0.15, -0.1) is 28.6 Å². The molecule has 0 unspecified atom stereocenters. The number of nitrogen functional groups attached to an aromatic ring is 1. The van der Waals surface area contributed by atoms with Crippen LogP contribution in [0.2, 0.25) is 4.34 Å². The first-order valence-corrected chi connectivity index (χ1v) is 13.0. The molecular formula is C15H13ClN8O5S4. The molecule has 2 aromatic rings. The Morgan fingerprint density at radius 2 is 2.24 bits per heavy atom. The highest BCUT2D eigenvalue weighted by Crippen LogP contribution is 2.44. The van der Waals surface area contributed by atoms with Gasteiger partial charge in [-0.1, -0.05) is 39.9 Å². The van der Waals surface area contributed by atoms with Gasteiger partial charge in [0.25, 0.3) is 11.8 Å². The van der Waals surface area contributed by atoms with Crippen LogP contribution in [-0.2, 0) is 14.4 Å². The number of nitrogens with one attached hydrogen (secondary N) is 2. The normalized spacial score (nSPS) is 20.5. The first-order valence-electron chi connectivity index (χ1n) is 8.79. The molecule has 18 heteroatoms. The molecule has 2 aliphatic heterocycles. The molecule has 6 N–H and O–H groups in total. The van der Waals surface area contributed by atoms with E-state index in [0.29, 0.717) is 20.8 Å². The fraction of sp³-hybridized carbons (Fsp3) is 0.267. The van der Waals surface area contributed by atoms with E-state index in [9.17, 15) is 24.7 Å². The highest BCUT2D eigenvalue weighted by molar-refractivity contribution is 8.18. The molecule has 0 saturated carbocycles. The number of aromatic amines is 1. The van der Waals surface area contributed by atoms with E-state index >= 15 is 0 Å². The van der Waals surface area contributed by atoms with Crippen LogP contribution in [0, 0.1) is 0 Å². The van der Waals surface area contributed by atoms with Crippen molar-refractivity contribution in [3.63, 3.8) is 0 Å². The van der Waals surface area contributed by atoms with E-state index in [4.69, 9.17) is 17.3 Å². The van der Waals surface area contributed by atoms with Crippen molar-refractivity contribution < 1.29 is 24.7 Å². The van der Waals surface area contributed by atoms with Gasteiger partial charge in [-0.05, 0) is 0 Å². The van der Waals surface area contributed by atoms with Gasteiger partial charge in [0.2, 0.25) is 0 Å². The van der Waals surface area contributed by atoms with E-state index in [0.717, 1.165) is 16.2 Å². The number of thioether (sulfide) groups is 3. The Hall–Kier alpha value is -2.47. The lowest BCUT2D eigenvalue weighted by atomic mass is 10.0. The Morgan fingerprint density at radius 3 is 2.85 bits per heavy atom. The summed E-state index contributed by atoms with van der Waals surface area (Å²) in [6.07, 6.45) is 1.55. The Balaban J connectivity index is 1.45. The average Bonchev–Trinajstić information content (AvgIpc) is 3.41. The van der Waals surface area contributed by atoms with E-state index < -0.39 is 34.9 Å². The third-order valence-electron chi connectivity index (χ3n) is 4.40. The average molecular weight is 549 g/mol. The minimum atomic E-state index is -1.24. The number of nitrogens with zero attached hydrogens (tertiary/aromatic N) is 5. The first-order chi connectivity index (χ1) is 15.8. The van der Waals surface area contributed by atoms with E-state index in [1.54, 1.807) is 6.20 Å². The summed E-state index contributed by atoms with van der Waals surface area (Å²) in [5.74, 6) is -2.40. The second-order valence-electron chi connectivity index (χ2n) is 6.28. The van der Waals surface area contributed by atoms with Crippen molar-refractivity contribution in [2.75, 3.05) is 16.6 Å². The monoisotopic (exact) mass is 548 g/mol. The van der Waals surface area contributed by atoms with Crippen LogP contribution in [0.1, 0.15) is 5.69 Å². The van der Waals surface area contributed by atoms with Crippen molar-refractivity contribution in [3.05, 3.63) is 26.8 Å². The number of aliphatic carboxylic acids is 1. The van der Waals surface area contributed by atoms with Gasteiger partial charge < -0.3 is 21.4 Å². The third-order valence-corrected chi connectivity index (χ3v) is 9.06. The van der Waals surface area contributed by atoms with E-state index in [-0.39, 0.29) is 20.9 Å². The number of anilines is 1. The molecular weight excluding hydrogens is 536 g/mol. The number of carboxylic acid groups (broad SMARTS) is 1. The molecule has 0 radical (unpaired) electrons. The maximum atomic E-state index is 12.8.